The molecule has 0 aliphatic carbocycles. The van der Waals surface area contributed by atoms with Crippen molar-refractivity contribution in [2.45, 2.75) is 0 Å². The van der Waals surface area contributed by atoms with Crippen LogP contribution < -0.4 is 16.4 Å². The SMILES string of the molecule is c1cc2c3c(c1)-n1c4ccc5c6ccccc6c6ccccc6c5c4c4c5c6ccccc6c6ccccc6c5cc(c41)B3c1cc(-c3ccc4oc5ccccc5c4c3)cc3c4cc(-c5ccc6oc7ccccc7c6c5)ccc4n-2c13. The van der Waals surface area contributed by atoms with E-state index in [9.17, 15) is 0 Å². The number of benzene rings is 15. The van der Waals surface area contributed by atoms with E-state index in [0.717, 1.165) is 55.0 Å². The second-order valence-electron chi connectivity index (χ2n) is 23.3. The van der Waals surface area contributed by atoms with Crippen LogP contribution in [0.2, 0.25) is 0 Å². The van der Waals surface area contributed by atoms with Gasteiger partial charge in [0, 0.05) is 70.8 Å². The first-order valence-corrected chi connectivity index (χ1v) is 28.8. The average molecular weight is 1050 g/mol. The van der Waals surface area contributed by atoms with Gasteiger partial charge < -0.3 is 18.0 Å². The zero-order valence-electron chi connectivity index (χ0n) is 44.5. The maximum absolute atomic E-state index is 6.47. The number of nitrogens with zero attached hydrogens (tertiary/aromatic N) is 2. The highest BCUT2D eigenvalue weighted by molar-refractivity contribution is 7.00. The van der Waals surface area contributed by atoms with Gasteiger partial charge in [0.2, 0.25) is 0 Å². The Morgan fingerprint density at radius 2 is 0.663 bits per heavy atom. The highest BCUT2D eigenvalue weighted by Gasteiger charge is 2.42. The lowest BCUT2D eigenvalue weighted by Gasteiger charge is -2.34. The van der Waals surface area contributed by atoms with Gasteiger partial charge in [0.15, 0.2) is 0 Å². The van der Waals surface area contributed by atoms with Crippen LogP contribution in [0.25, 0.3) is 186 Å². The minimum Gasteiger partial charge on any atom is -0.456 e. The largest absolute Gasteiger partial charge is 0.456 e. The summed E-state index contributed by atoms with van der Waals surface area (Å²) in [7, 11) is 0. The van der Waals surface area contributed by atoms with Gasteiger partial charge in [0.05, 0.1) is 16.6 Å². The molecule has 5 heteroatoms. The van der Waals surface area contributed by atoms with Crippen molar-refractivity contribution < 1.29 is 8.83 Å². The summed E-state index contributed by atoms with van der Waals surface area (Å²) in [4.78, 5) is 0. The van der Waals surface area contributed by atoms with Gasteiger partial charge in [-0.05, 0) is 165 Å². The number of rotatable bonds is 2. The first kappa shape index (κ1) is 43.0. The number of fused-ring (bicyclic) bond motifs is 30. The third kappa shape index (κ3) is 5.30. The van der Waals surface area contributed by atoms with Gasteiger partial charge in [-0.1, -0.05) is 176 Å². The summed E-state index contributed by atoms with van der Waals surface area (Å²) < 4.78 is 18.1. The van der Waals surface area contributed by atoms with Gasteiger partial charge in [-0.15, -0.1) is 0 Å². The molecule has 15 aromatic carbocycles. The van der Waals surface area contributed by atoms with E-state index in [4.69, 9.17) is 8.83 Å². The molecule has 0 spiro atoms. The van der Waals surface area contributed by atoms with E-state index in [1.165, 1.54) is 147 Å². The molecule has 0 radical (unpaired) electrons. The first-order valence-electron chi connectivity index (χ1n) is 28.8. The zero-order valence-corrected chi connectivity index (χ0v) is 44.5. The summed E-state index contributed by atoms with van der Waals surface area (Å²) in [5, 5.41) is 25.0. The molecule has 4 aromatic heterocycles. The smallest absolute Gasteiger partial charge is 0.252 e. The number of para-hydroxylation sites is 2. The van der Waals surface area contributed by atoms with E-state index in [0.29, 0.717) is 0 Å². The van der Waals surface area contributed by atoms with Crippen molar-refractivity contribution in [3.05, 3.63) is 249 Å². The van der Waals surface area contributed by atoms with Crippen LogP contribution in [0.1, 0.15) is 0 Å². The fraction of sp³-hybridized carbons (Fsp3) is 0. The van der Waals surface area contributed by atoms with Crippen LogP contribution in [0.15, 0.2) is 258 Å². The number of hydrogen-bond acceptors (Lipinski definition) is 2. The van der Waals surface area contributed by atoms with Crippen LogP contribution >= 0.6 is 0 Å². The number of aromatic nitrogens is 2. The molecule has 21 rings (SSSR count). The van der Waals surface area contributed by atoms with E-state index < -0.39 is 0 Å². The van der Waals surface area contributed by atoms with Crippen molar-refractivity contribution in [1.29, 1.82) is 0 Å². The van der Waals surface area contributed by atoms with Gasteiger partial charge in [0.1, 0.15) is 22.3 Å². The summed E-state index contributed by atoms with van der Waals surface area (Å²) in [6, 6.07) is 93.4. The average Bonchev–Trinajstić information content (AvgIpc) is 1.78. The molecule has 0 fully saturated rings. The topological polar surface area (TPSA) is 36.1 Å². The zero-order chi connectivity index (χ0) is 53.5. The second-order valence-corrected chi connectivity index (χ2v) is 23.3. The predicted molar refractivity (Wildman–Crippen MR) is 350 cm³/mol. The molecule has 4 nitrogen and oxygen atoms in total. The van der Waals surface area contributed by atoms with Gasteiger partial charge in [0.25, 0.3) is 6.71 Å². The molecule has 2 aliphatic rings. The molecule has 0 bridgehead atoms. The maximum Gasteiger partial charge on any atom is 0.252 e. The van der Waals surface area contributed by atoms with Crippen molar-refractivity contribution >= 4 is 175 Å². The molecule has 83 heavy (non-hydrogen) atoms. The van der Waals surface area contributed by atoms with Crippen molar-refractivity contribution in [3.8, 4) is 33.6 Å². The molecule has 19 aromatic rings. The number of hydrogen-bond donors (Lipinski definition) is 0. The Hall–Kier alpha value is -10.9. The molecule has 0 unspecified atom stereocenters. The van der Waals surface area contributed by atoms with Gasteiger partial charge in [-0.25, -0.2) is 0 Å². The third-order valence-electron chi connectivity index (χ3n) is 19.4. The van der Waals surface area contributed by atoms with E-state index in [1.807, 2.05) is 6.07 Å². The van der Waals surface area contributed by atoms with Crippen molar-refractivity contribution in [2.24, 2.45) is 0 Å². The van der Waals surface area contributed by atoms with Crippen molar-refractivity contribution in [1.82, 2.24) is 9.13 Å². The third-order valence-corrected chi connectivity index (χ3v) is 19.4. The summed E-state index contributed by atoms with van der Waals surface area (Å²) in [5.74, 6) is 0. The van der Waals surface area contributed by atoms with Gasteiger partial charge in [-0.3, -0.25) is 0 Å². The highest BCUT2D eigenvalue weighted by atomic mass is 16.3. The Bertz CT molecular complexity index is 6230. The molecule has 378 valence electrons. The monoisotopic (exact) mass is 1050 g/mol. The Balaban J connectivity index is 0.944. The van der Waals surface area contributed by atoms with Gasteiger partial charge in [-0.2, -0.15) is 0 Å². The highest BCUT2D eigenvalue weighted by Crippen LogP contribution is 2.50. The molecule has 0 atom stereocenters. The predicted octanol–water partition coefficient (Wildman–Crippen LogP) is 19.1. The van der Waals surface area contributed by atoms with E-state index in [1.54, 1.807) is 0 Å². The fourth-order valence-electron chi connectivity index (χ4n) is 16.1. The van der Waals surface area contributed by atoms with Gasteiger partial charge >= 0.3 is 0 Å². The van der Waals surface area contributed by atoms with E-state index in [-0.39, 0.29) is 6.71 Å². The quantitative estimate of drug-likeness (QED) is 0.128. The van der Waals surface area contributed by atoms with Crippen LogP contribution in [-0.2, 0) is 0 Å². The molecular formula is C78H41BN2O2. The van der Waals surface area contributed by atoms with Crippen molar-refractivity contribution in [3.63, 3.8) is 0 Å². The van der Waals surface area contributed by atoms with Crippen molar-refractivity contribution in [2.75, 3.05) is 0 Å². The molecule has 0 saturated carbocycles. The minimum atomic E-state index is -0.118. The Labute approximate surface area is 472 Å². The maximum atomic E-state index is 6.47. The fourth-order valence-corrected chi connectivity index (χ4v) is 16.1. The normalized spacial score (nSPS) is 13.0. The summed E-state index contributed by atoms with van der Waals surface area (Å²) in [6.07, 6.45) is 0. The molecular weight excluding hydrogens is 1010 g/mol. The van der Waals surface area contributed by atoms with E-state index in [2.05, 4.69) is 252 Å². The summed E-state index contributed by atoms with van der Waals surface area (Å²) >= 11 is 0. The van der Waals surface area contributed by atoms with Crippen LogP contribution in [0.3, 0.4) is 0 Å². The molecule has 0 N–H and O–H groups in total. The lowest BCUT2D eigenvalue weighted by atomic mass is 9.34. The van der Waals surface area contributed by atoms with Crippen LogP contribution in [0.4, 0.5) is 0 Å². The molecule has 0 amide bonds. The van der Waals surface area contributed by atoms with E-state index >= 15 is 0 Å². The first-order chi connectivity index (χ1) is 41.2. The summed E-state index contributed by atoms with van der Waals surface area (Å²) in [5.41, 5.74) is 19.6. The lowest BCUT2D eigenvalue weighted by molar-refractivity contribution is 0.668. The lowest BCUT2D eigenvalue weighted by Crippen LogP contribution is -2.59. The number of furan rings is 2. The minimum absolute atomic E-state index is 0.118. The van der Waals surface area contributed by atoms with Crippen LogP contribution in [0.5, 0.6) is 0 Å². The molecule has 2 aliphatic heterocycles. The Morgan fingerprint density at radius 3 is 1.27 bits per heavy atom. The molecule has 6 heterocycles. The second kappa shape index (κ2) is 15.1. The Morgan fingerprint density at radius 1 is 0.241 bits per heavy atom. The Kier molecular flexibility index (Phi) is 7.83. The van der Waals surface area contributed by atoms with Crippen LogP contribution in [0, 0.1) is 0 Å². The molecule has 0 saturated heterocycles. The standard InChI is InChI=1S/C78H41BN2O2/c1-3-18-50-46(14-1)48-16-5-7-22-54(48)72-56(50)31-33-65-74(72)75-73-55-23-8-6-17-49(55)47-15-2-4-19-51(47)60(73)41-63-78(75)81(65)67-25-13-24-66-76(67)79(63)62-40-45(44-30-35-71-59(38-44)53-21-10-12-27-69(53)83-71)39-61-57-36-42(28-32-64(57)80(66)77(61)62)43-29-34-70-58(37-43)52-20-9-11-26-68(52)82-70/h1-41H. The summed E-state index contributed by atoms with van der Waals surface area (Å²) in [6.45, 7) is -0.118. The van der Waals surface area contributed by atoms with Crippen LogP contribution in [-0.4, -0.2) is 15.8 Å².